The normalized spacial score (nSPS) is 22.9. The van der Waals surface area contributed by atoms with Crippen LogP contribution in [0.2, 0.25) is 0 Å². The fraction of sp³-hybridized carbons (Fsp3) is 0.773. The van der Waals surface area contributed by atoms with Crippen LogP contribution in [-0.2, 0) is 22.4 Å². The van der Waals surface area contributed by atoms with E-state index in [4.69, 9.17) is 4.52 Å². The molecule has 3 N–H and O–H groups in total. The number of piperidine rings is 1. The number of amides is 2. The van der Waals surface area contributed by atoms with Crippen LogP contribution in [0, 0.1) is 17.8 Å². The van der Waals surface area contributed by atoms with Gasteiger partial charge in [-0.1, -0.05) is 37.3 Å². The van der Waals surface area contributed by atoms with Gasteiger partial charge in [-0.2, -0.15) is 0 Å². The maximum atomic E-state index is 12.3. The predicted molar refractivity (Wildman–Crippen MR) is 111 cm³/mol. The minimum atomic E-state index is -0.0758. The number of carbonyl (C=O) groups excluding carboxylic acids is 2. The Hall–Kier alpha value is -1.89. The van der Waals surface area contributed by atoms with Crippen molar-refractivity contribution in [3.63, 3.8) is 0 Å². The highest BCUT2D eigenvalue weighted by Gasteiger charge is 2.28. The molecule has 0 aromatic carbocycles. The predicted octanol–water partition coefficient (Wildman–Crippen LogP) is 2.21. The molecule has 2 atom stereocenters. The lowest BCUT2D eigenvalue weighted by Gasteiger charge is -2.31. The molecule has 1 saturated carbocycles. The molecule has 0 unspecified atom stereocenters. The zero-order chi connectivity index (χ0) is 20.5. The van der Waals surface area contributed by atoms with Gasteiger partial charge in [-0.3, -0.25) is 9.59 Å². The number of nitrogens with one attached hydrogen (secondary N) is 3. The van der Waals surface area contributed by atoms with Gasteiger partial charge in [0.05, 0.1) is 5.69 Å². The first-order valence-corrected chi connectivity index (χ1v) is 11.3. The average Bonchev–Trinajstić information content (AvgIpc) is 3.14. The van der Waals surface area contributed by atoms with Crippen LogP contribution in [0.1, 0.15) is 63.3 Å². The number of hydrogen-bond donors (Lipinski definition) is 3. The van der Waals surface area contributed by atoms with Gasteiger partial charge in [0.2, 0.25) is 11.8 Å². The molecule has 2 aliphatic rings. The van der Waals surface area contributed by atoms with E-state index in [1.165, 1.54) is 39.0 Å². The molecule has 162 valence electrons. The zero-order valence-corrected chi connectivity index (χ0v) is 17.7. The highest BCUT2D eigenvalue weighted by molar-refractivity contribution is 5.76. The van der Waals surface area contributed by atoms with Crippen molar-refractivity contribution < 1.29 is 14.1 Å². The molecule has 3 rings (SSSR count). The molecular weight excluding hydrogens is 368 g/mol. The summed E-state index contributed by atoms with van der Waals surface area (Å²) in [6, 6.07) is 2.13. The molecule has 2 amide bonds. The summed E-state index contributed by atoms with van der Waals surface area (Å²) < 4.78 is 5.63. The van der Waals surface area contributed by atoms with Crippen LogP contribution >= 0.6 is 0 Å². The van der Waals surface area contributed by atoms with Crippen LogP contribution in [0.15, 0.2) is 10.6 Å². The Bertz CT molecular complexity index is 654. The monoisotopic (exact) mass is 404 g/mol. The van der Waals surface area contributed by atoms with Gasteiger partial charge in [0, 0.05) is 38.9 Å². The Morgan fingerprint density at radius 2 is 1.90 bits per heavy atom. The van der Waals surface area contributed by atoms with Gasteiger partial charge in [-0.05, 0) is 43.7 Å². The second kappa shape index (κ2) is 11.3. The van der Waals surface area contributed by atoms with E-state index in [0.29, 0.717) is 31.3 Å². The molecule has 0 radical (unpaired) electrons. The van der Waals surface area contributed by atoms with Crippen molar-refractivity contribution in [2.75, 3.05) is 26.2 Å². The second-order valence-corrected chi connectivity index (χ2v) is 8.75. The maximum absolute atomic E-state index is 12.3. The van der Waals surface area contributed by atoms with Gasteiger partial charge >= 0.3 is 0 Å². The number of hydrogen-bond acceptors (Lipinski definition) is 5. The van der Waals surface area contributed by atoms with Crippen LogP contribution in [0.25, 0.3) is 0 Å². The lowest BCUT2D eigenvalue weighted by Crippen LogP contribution is -2.41. The van der Waals surface area contributed by atoms with E-state index < -0.39 is 0 Å². The molecule has 0 spiro atoms. The summed E-state index contributed by atoms with van der Waals surface area (Å²) in [6.07, 6.45) is 10.1. The van der Waals surface area contributed by atoms with Crippen molar-refractivity contribution in [2.24, 2.45) is 17.8 Å². The standard InChI is InChI=1S/C22H36N4O3/c1-16(27)24-9-10-25-22(28)13-18-7-8-23-15-19(18)12-20-14-21(29-26-20)11-17-5-3-2-4-6-17/h14,17-19,23H,2-13,15H2,1H3,(H,24,27)(H,25,28)/t18-,19+/m1/s1. The fourth-order valence-electron chi connectivity index (χ4n) is 4.73. The van der Waals surface area contributed by atoms with Crippen molar-refractivity contribution in [3.8, 4) is 0 Å². The first-order valence-electron chi connectivity index (χ1n) is 11.3. The SMILES string of the molecule is CC(=O)NCCNC(=O)C[C@H]1CCNC[C@@H]1Cc1cc(CC2CCCCC2)on1. The molecule has 7 heteroatoms. The molecule has 29 heavy (non-hydrogen) atoms. The van der Waals surface area contributed by atoms with Gasteiger partial charge in [-0.15, -0.1) is 0 Å². The molecule has 1 saturated heterocycles. The van der Waals surface area contributed by atoms with Crippen LogP contribution in [0.5, 0.6) is 0 Å². The van der Waals surface area contributed by atoms with Crippen molar-refractivity contribution in [2.45, 2.75) is 64.7 Å². The lowest BCUT2D eigenvalue weighted by molar-refractivity contribution is -0.123. The first-order chi connectivity index (χ1) is 14.1. The van der Waals surface area contributed by atoms with Crippen molar-refractivity contribution in [1.29, 1.82) is 0 Å². The van der Waals surface area contributed by atoms with Crippen molar-refractivity contribution in [3.05, 3.63) is 17.5 Å². The Kier molecular flexibility index (Phi) is 8.52. The average molecular weight is 405 g/mol. The summed E-state index contributed by atoms with van der Waals surface area (Å²) in [5.74, 6) is 2.48. The van der Waals surface area contributed by atoms with Gasteiger partial charge in [0.15, 0.2) is 0 Å². The Morgan fingerprint density at radius 3 is 2.69 bits per heavy atom. The quantitative estimate of drug-likeness (QED) is 0.549. The van der Waals surface area contributed by atoms with E-state index in [-0.39, 0.29) is 11.8 Å². The molecule has 2 fully saturated rings. The number of aromatic nitrogens is 1. The third kappa shape index (κ3) is 7.46. The summed E-state index contributed by atoms with van der Waals surface area (Å²) in [6.45, 7) is 4.29. The highest BCUT2D eigenvalue weighted by atomic mass is 16.5. The summed E-state index contributed by atoms with van der Waals surface area (Å²) in [5, 5.41) is 13.4. The van der Waals surface area contributed by atoms with E-state index >= 15 is 0 Å². The zero-order valence-electron chi connectivity index (χ0n) is 17.7. The topological polar surface area (TPSA) is 96.3 Å². The number of carbonyl (C=O) groups is 2. The molecule has 1 aromatic rings. The summed E-state index contributed by atoms with van der Waals surface area (Å²) in [7, 11) is 0. The van der Waals surface area contributed by atoms with Gasteiger partial charge < -0.3 is 20.5 Å². The van der Waals surface area contributed by atoms with Crippen molar-refractivity contribution >= 4 is 11.8 Å². The maximum Gasteiger partial charge on any atom is 0.220 e. The molecular formula is C22H36N4O3. The van der Waals surface area contributed by atoms with E-state index in [1.54, 1.807) is 0 Å². The van der Waals surface area contributed by atoms with Gasteiger partial charge in [0.1, 0.15) is 5.76 Å². The van der Waals surface area contributed by atoms with E-state index in [1.807, 2.05) is 0 Å². The smallest absolute Gasteiger partial charge is 0.220 e. The molecule has 7 nitrogen and oxygen atoms in total. The summed E-state index contributed by atoms with van der Waals surface area (Å²) in [5.41, 5.74) is 1.01. The van der Waals surface area contributed by atoms with E-state index in [0.717, 1.165) is 49.7 Å². The van der Waals surface area contributed by atoms with Gasteiger partial charge in [-0.25, -0.2) is 0 Å². The minimum absolute atomic E-state index is 0.0605. The number of rotatable bonds is 9. The van der Waals surface area contributed by atoms with E-state index in [9.17, 15) is 9.59 Å². The second-order valence-electron chi connectivity index (χ2n) is 8.75. The molecule has 0 bridgehead atoms. The Labute approximate surface area is 173 Å². The Morgan fingerprint density at radius 1 is 1.10 bits per heavy atom. The van der Waals surface area contributed by atoms with Crippen LogP contribution in [0.4, 0.5) is 0 Å². The molecule has 1 aromatic heterocycles. The largest absolute Gasteiger partial charge is 0.361 e. The number of nitrogens with zero attached hydrogens (tertiary/aromatic N) is 1. The third-order valence-corrected chi connectivity index (χ3v) is 6.33. The van der Waals surface area contributed by atoms with Gasteiger partial charge in [0.25, 0.3) is 0 Å². The van der Waals surface area contributed by atoms with Crippen LogP contribution in [-0.4, -0.2) is 43.2 Å². The third-order valence-electron chi connectivity index (χ3n) is 6.33. The first kappa shape index (κ1) is 21.8. The van der Waals surface area contributed by atoms with Crippen LogP contribution in [0.3, 0.4) is 0 Å². The van der Waals surface area contributed by atoms with E-state index in [2.05, 4.69) is 27.2 Å². The molecule has 1 aliphatic heterocycles. The lowest BCUT2D eigenvalue weighted by atomic mass is 9.81. The molecule has 2 heterocycles. The fourth-order valence-corrected chi connectivity index (χ4v) is 4.73. The minimum Gasteiger partial charge on any atom is -0.361 e. The van der Waals surface area contributed by atoms with Crippen LogP contribution < -0.4 is 16.0 Å². The summed E-state index contributed by atoms with van der Waals surface area (Å²) >= 11 is 0. The van der Waals surface area contributed by atoms with Crippen molar-refractivity contribution in [1.82, 2.24) is 21.1 Å². The molecule has 1 aliphatic carbocycles. The Balaban J connectivity index is 1.45. The highest BCUT2D eigenvalue weighted by Crippen LogP contribution is 2.29. The summed E-state index contributed by atoms with van der Waals surface area (Å²) in [4.78, 5) is 23.2.